The molecule has 0 aromatic heterocycles. The third-order valence-electron chi connectivity index (χ3n) is 3.03. The van der Waals surface area contributed by atoms with Crippen LogP contribution in [-0.4, -0.2) is 19.6 Å². The second-order valence-electron chi connectivity index (χ2n) is 4.68. The number of hydrogen-bond donors (Lipinski definition) is 1. The maximum absolute atomic E-state index is 12.0. The number of ether oxygens (including phenoxy) is 2. The third-order valence-corrected chi connectivity index (χ3v) is 3.27. The molecule has 0 aliphatic rings. The van der Waals surface area contributed by atoms with E-state index in [-0.39, 0.29) is 12.5 Å². The summed E-state index contributed by atoms with van der Waals surface area (Å²) >= 11 is 5.92. The van der Waals surface area contributed by atoms with E-state index in [0.717, 1.165) is 5.56 Å². The molecule has 1 amide bonds. The Morgan fingerprint density at radius 2 is 2.04 bits per heavy atom. The molecular formula is C18H15ClN2O3. The minimum absolute atomic E-state index is 0.000933. The van der Waals surface area contributed by atoms with Crippen molar-refractivity contribution in [2.45, 2.75) is 0 Å². The van der Waals surface area contributed by atoms with Gasteiger partial charge < -0.3 is 14.8 Å². The normalized spacial score (nSPS) is 10.2. The second kappa shape index (κ2) is 8.61. The van der Waals surface area contributed by atoms with Gasteiger partial charge in [0.15, 0.2) is 6.61 Å². The van der Waals surface area contributed by atoms with Crippen LogP contribution in [-0.2, 0) is 4.79 Å². The zero-order valence-corrected chi connectivity index (χ0v) is 13.7. The Balaban J connectivity index is 2.00. The first-order chi connectivity index (χ1) is 11.6. The number of nitrogens with one attached hydrogen (secondary N) is 1. The van der Waals surface area contributed by atoms with Crippen LogP contribution >= 0.6 is 11.6 Å². The fourth-order valence-corrected chi connectivity index (χ4v) is 2.09. The predicted molar refractivity (Wildman–Crippen MR) is 93.2 cm³/mol. The van der Waals surface area contributed by atoms with Crippen molar-refractivity contribution >= 4 is 29.3 Å². The van der Waals surface area contributed by atoms with Gasteiger partial charge in [0.25, 0.3) is 0 Å². The fourth-order valence-electron chi connectivity index (χ4n) is 1.91. The van der Waals surface area contributed by atoms with E-state index < -0.39 is 0 Å². The quantitative estimate of drug-likeness (QED) is 0.808. The molecule has 1 N–H and O–H groups in total. The minimum Gasteiger partial charge on any atom is -0.495 e. The second-order valence-corrected chi connectivity index (χ2v) is 5.12. The summed E-state index contributed by atoms with van der Waals surface area (Å²) < 4.78 is 10.3. The maximum atomic E-state index is 12.0. The lowest BCUT2D eigenvalue weighted by Crippen LogP contribution is -2.08. The topological polar surface area (TPSA) is 71.3 Å². The van der Waals surface area contributed by atoms with E-state index in [0.29, 0.717) is 22.2 Å². The number of methoxy groups -OCH3 is 1. The van der Waals surface area contributed by atoms with Crippen LogP contribution in [0.2, 0.25) is 5.02 Å². The van der Waals surface area contributed by atoms with Crippen molar-refractivity contribution in [3.8, 4) is 17.6 Å². The lowest BCUT2D eigenvalue weighted by molar-refractivity contribution is -0.111. The summed E-state index contributed by atoms with van der Waals surface area (Å²) in [6.45, 7) is -0.000933. The Hall–Kier alpha value is -2.97. The molecule has 24 heavy (non-hydrogen) atoms. The number of amides is 1. The number of halogens is 1. The van der Waals surface area contributed by atoms with Crippen molar-refractivity contribution in [2.75, 3.05) is 19.0 Å². The van der Waals surface area contributed by atoms with Gasteiger partial charge in [0.05, 0.1) is 12.8 Å². The van der Waals surface area contributed by atoms with Gasteiger partial charge >= 0.3 is 0 Å². The van der Waals surface area contributed by atoms with Gasteiger partial charge in [-0.25, -0.2) is 0 Å². The summed E-state index contributed by atoms with van der Waals surface area (Å²) in [5, 5.41) is 11.7. The molecule has 0 radical (unpaired) electrons. The summed E-state index contributed by atoms with van der Waals surface area (Å²) in [4.78, 5) is 12.0. The van der Waals surface area contributed by atoms with E-state index in [1.165, 1.54) is 13.2 Å². The van der Waals surface area contributed by atoms with Gasteiger partial charge in [-0.2, -0.15) is 5.26 Å². The Kier molecular flexibility index (Phi) is 6.23. The van der Waals surface area contributed by atoms with Gasteiger partial charge in [0.1, 0.15) is 17.6 Å². The van der Waals surface area contributed by atoms with E-state index >= 15 is 0 Å². The molecule has 0 saturated carbocycles. The average molecular weight is 343 g/mol. The fraction of sp³-hybridized carbons (Fsp3) is 0.111. The number of benzene rings is 2. The van der Waals surface area contributed by atoms with Crippen molar-refractivity contribution in [3.63, 3.8) is 0 Å². The van der Waals surface area contributed by atoms with E-state index in [1.807, 2.05) is 6.07 Å². The minimum atomic E-state index is -0.305. The molecule has 6 heteroatoms. The highest BCUT2D eigenvalue weighted by Gasteiger charge is 2.06. The molecule has 0 aliphatic carbocycles. The van der Waals surface area contributed by atoms with Gasteiger partial charge in [-0.1, -0.05) is 23.7 Å². The molecule has 2 rings (SSSR count). The Morgan fingerprint density at radius 3 is 2.71 bits per heavy atom. The van der Waals surface area contributed by atoms with Crippen LogP contribution in [0, 0.1) is 11.3 Å². The molecule has 5 nitrogen and oxygen atoms in total. The summed E-state index contributed by atoms with van der Waals surface area (Å²) in [7, 11) is 1.52. The van der Waals surface area contributed by atoms with Crippen LogP contribution < -0.4 is 14.8 Å². The van der Waals surface area contributed by atoms with Gasteiger partial charge in [-0.3, -0.25) is 4.79 Å². The average Bonchev–Trinajstić information content (AvgIpc) is 2.59. The predicted octanol–water partition coefficient (Wildman–Crippen LogP) is 3.90. The van der Waals surface area contributed by atoms with Gasteiger partial charge in [-0.15, -0.1) is 0 Å². The molecule has 0 aliphatic heterocycles. The number of anilines is 1. The maximum Gasteiger partial charge on any atom is 0.248 e. The van der Waals surface area contributed by atoms with Crippen LogP contribution in [0.1, 0.15) is 5.56 Å². The van der Waals surface area contributed by atoms with E-state index in [9.17, 15) is 4.79 Å². The highest BCUT2D eigenvalue weighted by molar-refractivity contribution is 6.31. The van der Waals surface area contributed by atoms with Crippen molar-refractivity contribution in [2.24, 2.45) is 0 Å². The molecule has 0 atom stereocenters. The number of nitriles is 1. The van der Waals surface area contributed by atoms with Gasteiger partial charge in [0.2, 0.25) is 5.91 Å². The lowest BCUT2D eigenvalue weighted by Gasteiger charge is -2.09. The zero-order chi connectivity index (χ0) is 17.4. The molecule has 0 unspecified atom stereocenters. The number of rotatable bonds is 6. The molecule has 0 bridgehead atoms. The number of hydrogen-bond acceptors (Lipinski definition) is 4. The summed E-state index contributed by atoms with van der Waals surface area (Å²) in [5.41, 5.74) is 1.33. The summed E-state index contributed by atoms with van der Waals surface area (Å²) in [6, 6.07) is 13.9. The van der Waals surface area contributed by atoms with E-state index in [1.54, 1.807) is 48.5 Å². The molecule has 2 aromatic carbocycles. The van der Waals surface area contributed by atoms with Crippen molar-refractivity contribution in [1.82, 2.24) is 0 Å². The first-order valence-corrected chi connectivity index (χ1v) is 7.42. The SMILES string of the molecule is COc1ccc(Cl)cc1NC(=O)/C=C/c1ccc(OCC#N)cc1. The Labute approximate surface area is 145 Å². The van der Waals surface area contributed by atoms with Crippen LogP contribution in [0.15, 0.2) is 48.5 Å². The first kappa shape index (κ1) is 17.4. The van der Waals surface area contributed by atoms with E-state index in [2.05, 4.69) is 5.32 Å². The van der Waals surface area contributed by atoms with Crippen molar-refractivity contribution in [3.05, 3.63) is 59.1 Å². The van der Waals surface area contributed by atoms with Gasteiger partial charge in [0, 0.05) is 11.1 Å². The van der Waals surface area contributed by atoms with Crippen molar-refractivity contribution in [1.29, 1.82) is 5.26 Å². The summed E-state index contributed by atoms with van der Waals surface area (Å²) in [6.07, 6.45) is 3.08. The first-order valence-electron chi connectivity index (χ1n) is 7.05. The lowest BCUT2D eigenvalue weighted by atomic mass is 10.2. The Bertz CT molecular complexity index is 780. The standard InChI is InChI=1S/C18H15ClN2O3/c1-23-17-8-5-14(19)12-16(17)21-18(22)9-4-13-2-6-15(7-3-13)24-11-10-20/h2-9,12H,11H2,1H3,(H,21,22)/b9-4+. The molecule has 2 aromatic rings. The van der Waals surface area contributed by atoms with Crippen molar-refractivity contribution < 1.29 is 14.3 Å². The number of nitrogens with zero attached hydrogens (tertiary/aromatic N) is 1. The molecule has 0 fully saturated rings. The third kappa shape index (κ3) is 5.04. The molecular weight excluding hydrogens is 328 g/mol. The molecule has 0 spiro atoms. The number of carbonyl (C=O) groups excluding carboxylic acids is 1. The van der Waals surface area contributed by atoms with Crippen LogP contribution in [0.25, 0.3) is 6.08 Å². The smallest absolute Gasteiger partial charge is 0.248 e. The van der Waals surface area contributed by atoms with Crippen LogP contribution in [0.5, 0.6) is 11.5 Å². The van der Waals surface area contributed by atoms with Crippen LogP contribution in [0.3, 0.4) is 0 Å². The Morgan fingerprint density at radius 1 is 1.29 bits per heavy atom. The highest BCUT2D eigenvalue weighted by atomic mass is 35.5. The monoisotopic (exact) mass is 342 g/mol. The molecule has 0 saturated heterocycles. The van der Waals surface area contributed by atoms with E-state index in [4.69, 9.17) is 26.3 Å². The molecule has 122 valence electrons. The zero-order valence-electron chi connectivity index (χ0n) is 13.0. The van der Waals surface area contributed by atoms with Crippen LogP contribution in [0.4, 0.5) is 5.69 Å². The summed E-state index contributed by atoms with van der Waals surface area (Å²) in [5.74, 6) is 0.822. The largest absolute Gasteiger partial charge is 0.495 e. The number of carbonyl (C=O) groups is 1. The highest BCUT2D eigenvalue weighted by Crippen LogP contribution is 2.27. The molecule has 0 heterocycles. The van der Waals surface area contributed by atoms with Gasteiger partial charge in [-0.05, 0) is 42.0 Å².